The van der Waals surface area contributed by atoms with Gasteiger partial charge < -0.3 is 9.47 Å². The molecule has 1 saturated heterocycles. The summed E-state index contributed by atoms with van der Waals surface area (Å²) in [6, 6.07) is 0. The fourth-order valence-corrected chi connectivity index (χ4v) is 2.03. The van der Waals surface area contributed by atoms with E-state index in [4.69, 9.17) is 0 Å². The molecule has 2 rings (SSSR count). The van der Waals surface area contributed by atoms with Gasteiger partial charge in [-0.25, -0.2) is 4.98 Å². The Morgan fingerprint density at radius 3 is 2.40 bits per heavy atom. The zero-order valence-electron chi connectivity index (χ0n) is 9.69. The summed E-state index contributed by atoms with van der Waals surface area (Å²) in [4.78, 5) is 9.21. The minimum Gasteiger partial charge on any atom is -0.324 e. The smallest absolute Gasteiger partial charge is 0.0960 e. The summed E-state index contributed by atoms with van der Waals surface area (Å²) in [7, 11) is 0. The van der Waals surface area contributed by atoms with Crippen molar-refractivity contribution in [2.75, 3.05) is 32.7 Å². The fourth-order valence-electron chi connectivity index (χ4n) is 2.03. The van der Waals surface area contributed by atoms with E-state index in [1.807, 2.05) is 13.3 Å². The van der Waals surface area contributed by atoms with Crippen LogP contribution in [-0.2, 0) is 6.67 Å². The lowest BCUT2D eigenvalue weighted by Crippen LogP contribution is -2.46. The van der Waals surface area contributed by atoms with Crippen molar-refractivity contribution in [3.05, 3.63) is 18.2 Å². The van der Waals surface area contributed by atoms with Gasteiger partial charge in [-0.05, 0) is 13.5 Å². The summed E-state index contributed by atoms with van der Waals surface area (Å²) in [6.45, 7) is 11.2. The number of aryl methyl sites for hydroxylation is 1. The van der Waals surface area contributed by atoms with Crippen molar-refractivity contribution in [3.63, 3.8) is 0 Å². The third kappa shape index (κ3) is 2.79. The first-order valence-corrected chi connectivity index (χ1v) is 5.71. The third-order valence-electron chi connectivity index (χ3n) is 3.04. The molecule has 2 heterocycles. The predicted molar refractivity (Wildman–Crippen MR) is 60.7 cm³/mol. The van der Waals surface area contributed by atoms with E-state index < -0.39 is 0 Å². The number of imidazole rings is 1. The largest absolute Gasteiger partial charge is 0.324 e. The lowest BCUT2D eigenvalue weighted by Gasteiger charge is -2.33. The first kappa shape index (κ1) is 10.6. The molecule has 1 aromatic heterocycles. The first-order chi connectivity index (χ1) is 7.28. The van der Waals surface area contributed by atoms with Gasteiger partial charge in [0.1, 0.15) is 0 Å². The molecule has 0 atom stereocenters. The van der Waals surface area contributed by atoms with E-state index in [0.717, 1.165) is 12.4 Å². The van der Waals surface area contributed by atoms with Gasteiger partial charge in [0.25, 0.3) is 0 Å². The average Bonchev–Trinajstić information content (AvgIpc) is 2.65. The highest BCUT2D eigenvalue weighted by molar-refractivity contribution is 4.92. The van der Waals surface area contributed by atoms with Gasteiger partial charge in [-0.2, -0.15) is 0 Å². The summed E-state index contributed by atoms with van der Waals surface area (Å²) in [5.41, 5.74) is 1.10. The maximum absolute atomic E-state index is 4.24. The number of likely N-dealkylation sites (N-methyl/N-ethyl adjacent to an activating group) is 1. The van der Waals surface area contributed by atoms with Crippen LogP contribution in [0.25, 0.3) is 0 Å². The molecule has 15 heavy (non-hydrogen) atoms. The number of nitrogens with zero attached hydrogens (tertiary/aromatic N) is 4. The van der Waals surface area contributed by atoms with E-state index in [1.54, 1.807) is 0 Å². The molecule has 0 aromatic carbocycles. The van der Waals surface area contributed by atoms with E-state index in [-0.39, 0.29) is 0 Å². The summed E-state index contributed by atoms with van der Waals surface area (Å²) >= 11 is 0. The standard InChI is InChI=1S/C11H20N4/c1-3-13-4-6-14(7-5-13)10-15-8-11(2)12-9-15/h8-9H,3-7,10H2,1-2H3. The van der Waals surface area contributed by atoms with Gasteiger partial charge in [-0.3, -0.25) is 4.90 Å². The number of hydrogen-bond donors (Lipinski definition) is 0. The van der Waals surface area contributed by atoms with E-state index in [0.29, 0.717) is 0 Å². The van der Waals surface area contributed by atoms with Gasteiger partial charge in [0.2, 0.25) is 0 Å². The Hall–Kier alpha value is -0.870. The van der Waals surface area contributed by atoms with Crippen molar-refractivity contribution >= 4 is 0 Å². The van der Waals surface area contributed by atoms with Gasteiger partial charge in [-0.1, -0.05) is 6.92 Å². The van der Waals surface area contributed by atoms with E-state index in [1.165, 1.54) is 32.7 Å². The molecule has 4 heteroatoms. The van der Waals surface area contributed by atoms with Crippen LogP contribution in [0.5, 0.6) is 0 Å². The van der Waals surface area contributed by atoms with Gasteiger partial charge >= 0.3 is 0 Å². The molecular weight excluding hydrogens is 188 g/mol. The molecule has 0 saturated carbocycles. The van der Waals surface area contributed by atoms with Crippen LogP contribution in [0.1, 0.15) is 12.6 Å². The lowest BCUT2D eigenvalue weighted by molar-refractivity contribution is 0.111. The van der Waals surface area contributed by atoms with Gasteiger partial charge in [0.15, 0.2) is 0 Å². The summed E-state index contributed by atoms with van der Waals surface area (Å²) in [5, 5.41) is 0. The van der Waals surface area contributed by atoms with Crippen molar-refractivity contribution in [2.45, 2.75) is 20.5 Å². The molecule has 1 fully saturated rings. The van der Waals surface area contributed by atoms with E-state index >= 15 is 0 Å². The molecule has 1 aliphatic heterocycles. The molecular formula is C11H20N4. The third-order valence-corrected chi connectivity index (χ3v) is 3.04. The molecule has 1 aliphatic rings. The maximum atomic E-state index is 4.24. The van der Waals surface area contributed by atoms with Crippen molar-refractivity contribution < 1.29 is 0 Å². The Morgan fingerprint density at radius 2 is 1.87 bits per heavy atom. The first-order valence-electron chi connectivity index (χ1n) is 5.71. The molecule has 0 amide bonds. The Labute approximate surface area is 91.5 Å². The quantitative estimate of drug-likeness (QED) is 0.734. The topological polar surface area (TPSA) is 24.3 Å². The summed E-state index contributed by atoms with van der Waals surface area (Å²) in [6.07, 6.45) is 4.02. The molecule has 0 spiro atoms. The zero-order valence-corrected chi connectivity index (χ0v) is 9.69. The fraction of sp³-hybridized carbons (Fsp3) is 0.727. The number of piperazine rings is 1. The molecule has 84 valence electrons. The predicted octanol–water partition coefficient (Wildman–Crippen LogP) is 0.787. The van der Waals surface area contributed by atoms with E-state index in [2.05, 4.69) is 32.5 Å². The van der Waals surface area contributed by atoms with Gasteiger partial charge in [0.05, 0.1) is 18.7 Å². The number of rotatable bonds is 3. The van der Waals surface area contributed by atoms with Crippen molar-refractivity contribution in [1.29, 1.82) is 0 Å². The molecule has 0 N–H and O–H groups in total. The normalized spacial score (nSPS) is 19.6. The molecule has 0 radical (unpaired) electrons. The van der Waals surface area contributed by atoms with E-state index in [9.17, 15) is 0 Å². The van der Waals surface area contributed by atoms with Crippen LogP contribution in [0, 0.1) is 6.92 Å². The maximum Gasteiger partial charge on any atom is 0.0960 e. The van der Waals surface area contributed by atoms with Gasteiger partial charge in [-0.15, -0.1) is 0 Å². The zero-order chi connectivity index (χ0) is 10.7. The van der Waals surface area contributed by atoms with Crippen LogP contribution >= 0.6 is 0 Å². The van der Waals surface area contributed by atoms with Crippen LogP contribution in [-0.4, -0.2) is 52.1 Å². The molecule has 0 unspecified atom stereocenters. The van der Waals surface area contributed by atoms with Crippen LogP contribution < -0.4 is 0 Å². The second-order valence-corrected chi connectivity index (χ2v) is 4.22. The van der Waals surface area contributed by atoms with Crippen LogP contribution in [0.3, 0.4) is 0 Å². The highest BCUT2D eigenvalue weighted by Gasteiger charge is 2.15. The Morgan fingerprint density at radius 1 is 1.20 bits per heavy atom. The molecule has 4 nitrogen and oxygen atoms in total. The number of hydrogen-bond acceptors (Lipinski definition) is 3. The van der Waals surface area contributed by atoms with Crippen LogP contribution in [0.4, 0.5) is 0 Å². The Balaban J connectivity index is 1.82. The minimum atomic E-state index is 0.985. The van der Waals surface area contributed by atoms with Crippen molar-refractivity contribution in [3.8, 4) is 0 Å². The van der Waals surface area contributed by atoms with Crippen LogP contribution in [0.2, 0.25) is 0 Å². The van der Waals surface area contributed by atoms with Crippen LogP contribution in [0.15, 0.2) is 12.5 Å². The molecule has 0 aliphatic carbocycles. The molecule has 0 bridgehead atoms. The monoisotopic (exact) mass is 208 g/mol. The Bertz CT molecular complexity index is 299. The summed E-state index contributed by atoms with van der Waals surface area (Å²) < 4.78 is 2.16. The number of aromatic nitrogens is 2. The lowest BCUT2D eigenvalue weighted by atomic mass is 10.3. The highest BCUT2D eigenvalue weighted by Crippen LogP contribution is 2.03. The van der Waals surface area contributed by atoms with Gasteiger partial charge in [0, 0.05) is 32.4 Å². The SMILES string of the molecule is CCN1CCN(Cn2cnc(C)c2)CC1. The second kappa shape index (κ2) is 4.77. The average molecular weight is 208 g/mol. The summed E-state index contributed by atoms with van der Waals surface area (Å²) in [5.74, 6) is 0. The molecule has 1 aromatic rings. The minimum absolute atomic E-state index is 0.985. The van der Waals surface area contributed by atoms with Crippen molar-refractivity contribution in [1.82, 2.24) is 19.4 Å². The van der Waals surface area contributed by atoms with Crippen molar-refractivity contribution in [2.24, 2.45) is 0 Å². The second-order valence-electron chi connectivity index (χ2n) is 4.22. The Kier molecular flexibility index (Phi) is 3.38. The highest BCUT2D eigenvalue weighted by atomic mass is 15.3.